The molecular weight excluding hydrogens is 262 g/mol. The number of fused-ring (bicyclic) bond motifs is 1. The summed E-state index contributed by atoms with van der Waals surface area (Å²) in [5, 5.41) is 6.30. The van der Waals surface area contributed by atoms with E-state index in [9.17, 15) is 4.79 Å². The Hall–Kier alpha value is -1.81. The predicted molar refractivity (Wildman–Crippen MR) is 86.7 cm³/mol. The first-order valence-electron chi connectivity index (χ1n) is 7.80. The molecule has 1 aromatic carbocycles. The average molecular weight is 285 g/mol. The first-order valence-corrected chi connectivity index (χ1v) is 7.80. The minimum Gasteiger partial charge on any atom is -0.365 e. The van der Waals surface area contributed by atoms with Crippen LogP contribution in [0.5, 0.6) is 0 Å². The summed E-state index contributed by atoms with van der Waals surface area (Å²) in [6.45, 7) is 7.66. The third kappa shape index (κ3) is 2.81. The summed E-state index contributed by atoms with van der Waals surface area (Å²) in [5.41, 5.74) is 3.18. The van der Waals surface area contributed by atoms with Crippen molar-refractivity contribution in [2.45, 2.75) is 38.3 Å². The lowest BCUT2D eigenvalue weighted by Gasteiger charge is -2.23. The zero-order valence-corrected chi connectivity index (χ0v) is 12.6. The molecule has 0 saturated heterocycles. The zero-order valence-electron chi connectivity index (χ0n) is 12.6. The number of nitrogens with zero attached hydrogens (tertiary/aromatic N) is 1. The summed E-state index contributed by atoms with van der Waals surface area (Å²) in [4.78, 5) is 14.5. The van der Waals surface area contributed by atoms with E-state index >= 15 is 0 Å². The van der Waals surface area contributed by atoms with Gasteiger partial charge in [0.2, 0.25) is 5.91 Å². The van der Waals surface area contributed by atoms with Crippen LogP contribution in [0.25, 0.3) is 0 Å². The minimum absolute atomic E-state index is 0.0530. The van der Waals surface area contributed by atoms with Crippen LogP contribution in [-0.4, -0.2) is 25.0 Å². The third-order valence-corrected chi connectivity index (χ3v) is 4.11. The molecular formula is C17H23N3O. The van der Waals surface area contributed by atoms with Gasteiger partial charge in [-0.25, -0.2) is 0 Å². The largest absolute Gasteiger partial charge is 0.365 e. The first-order chi connectivity index (χ1) is 10.2. The van der Waals surface area contributed by atoms with Crippen LogP contribution in [0.2, 0.25) is 0 Å². The lowest BCUT2D eigenvalue weighted by molar-refractivity contribution is -0.117. The fraction of sp³-hybridized carbons (Fsp3) is 0.471. The van der Waals surface area contributed by atoms with Gasteiger partial charge in [0.1, 0.15) is 6.04 Å². The fourth-order valence-corrected chi connectivity index (χ4v) is 2.91. The van der Waals surface area contributed by atoms with Crippen molar-refractivity contribution in [1.82, 2.24) is 5.32 Å². The van der Waals surface area contributed by atoms with E-state index in [1.165, 1.54) is 18.5 Å². The molecule has 21 heavy (non-hydrogen) atoms. The number of carbonyl (C=O) groups is 1. The number of benzene rings is 1. The van der Waals surface area contributed by atoms with Crippen LogP contribution in [-0.2, 0) is 4.79 Å². The summed E-state index contributed by atoms with van der Waals surface area (Å²) in [6.07, 6.45) is 5.46. The standard InChI is InChI=1S/C17H23N3O/c1-3-9-18-16-14-8-7-13(11-15(14)19-17(16)21)20(10-4-2)12-5-6-12/h4,7-8,11-12,16,18H,2-3,5-6,9-10H2,1H3,(H,19,21). The molecule has 1 aliphatic heterocycles. The number of amides is 1. The number of hydrogen-bond donors (Lipinski definition) is 2. The number of rotatable bonds is 7. The second-order valence-electron chi connectivity index (χ2n) is 5.82. The Balaban J connectivity index is 1.83. The highest BCUT2D eigenvalue weighted by molar-refractivity contribution is 6.03. The van der Waals surface area contributed by atoms with Gasteiger partial charge in [-0.3, -0.25) is 4.79 Å². The van der Waals surface area contributed by atoms with Crippen LogP contribution in [0.1, 0.15) is 37.8 Å². The molecule has 1 unspecified atom stereocenters. The fourth-order valence-electron chi connectivity index (χ4n) is 2.91. The van der Waals surface area contributed by atoms with Crippen molar-refractivity contribution >= 4 is 17.3 Å². The average Bonchev–Trinajstić information content (AvgIpc) is 3.26. The summed E-state index contributed by atoms with van der Waals surface area (Å²) < 4.78 is 0. The molecule has 2 N–H and O–H groups in total. The monoisotopic (exact) mass is 285 g/mol. The maximum Gasteiger partial charge on any atom is 0.246 e. The van der Waals surface area contributed by atoms with Gasteiger partial charge < -0.3 is 15.5 Å². The summed E-state index contributed by atoms with van der Waals surface area (Å²) in [5.74, 6) is 0.0530. The topological polar surface area (TPSA) is 44.4 Å². The van der Waals surface area contributed by atoms with E-state index in [1.54, 1.807) is 0 Å². The molecule has 112 valence electrons. The van der Waals surface area contributed by atoms with Gasteiger partial charge in [-0.2, -0.15) is 0 Å². The highest BCUT2D eigenvalue weighted by atomic mass is 16.2. The molecule has 0 radical (unpaired) electrons. The molecule has 0 aromatic heterocycles. The van der Waals surface area contributed by atoms with Gasteiger partial charge in [0.15, 0.2) is 0 Å². The second-order valence-corrected chi connectivity index (χ2v) is 5.82. The van der Waals surface area contributed by atoms with Crippen LogP contribution in [0.4, 0.5) is 11.4 Å². The molecule has 1 aromatic rings. The van der Waals surface area contributed by atoms with Crippen molar-refractivity contribution in [2.24, 2.45) is 0 Å². The van der Waals surface area contributed by atoms with Crippen molar-refractivity contribution in [2.75, 3.05) is 23.3 Å². The molecule has 3 rings (SSSR count). The maximum absolute atomic E-state index is 12.1. The van der Waals surface area contributed by atoms with Crippen molar-refractivity contribution in [3.63, 3.8) is 0 Å². The van der Waals surface area contributed by atoms with Crippen molar-refractivity contribution in [3.05, 3.63) is 36.4 Å². The number of hydrogen-bond acceptors (Lipinski definition) is 3. The maximum atomic E-state index is 12.1. The quantitative estimate of drug-likeness (QED) is 0.757. The van der Waals surface area contributed by atoms with E-state index in [1.807, 2.05) is 6.08 Å². The van der Waals surface area contributed by atoms with Crippen LogP contribution in [0.15, 0.2) is 30.9 Å². The van der Waals surface area contributed by atoms with Gasteiger partial charge in [0, 0.05) is 29.5 Å². The normalized spacial score (nSPS) is 20.0. The highest BCUT2D eigenvalue weighted by Crippen LogP contribution is 2.37. The van der Waals surface area contributed by atoms with Gasteiger partial charge in [-0.15, -0.1) is 6.58 Å². The Morgan fingerprint density at radius 1 is 1.48 bits per heavy atom. The zero-order chi connectivity index (χ0) is 14.8. The lowest BCUT2D eigenvalue weighted by Crippen LogP contribution is -2.28. The molecule has 0 bridgehead atoms. The molecule has 1 atom stereocenters. The predicted octanol–water partition coefficient (Wildman–Crippen LogP) is 2.83. The van der Waals surface area contributed by atoms with E-state index in [-0.39, 0.29) is 11.9 Å². The molecule has 1 fully saturated rings. The number of nitrogens with one attached hydrogen (secondary N) is 2. The van der Waals surface area contributed by atoms with Gasteiger partial charge in [-0.1, -0.05) is 19.1 Å². The van der Waals surface area contributed by atoms with Gasteiger partial charge >= 0.3 is 0 Å². The summed E-state index contributed by atoms with van der Waals surface area (Å²) in [6, 6.07) is 6.73. The van der Waals surface area contributed by atoms with E-state index in [0.717, 1.165) is 30.8 Å². The van der Waals surface area contributed by atoms with Gasteiger partial charge in [0.25, 0.3) is 0 Å². The van der Waals surface area contributed by atoms with E-state index in [0.29, 0.717) is 6.04 Å². The Morgan fingerprint density at radius 2 is 2.29 bits per heavy atom. The van der Waals surface area contributed by atoms with Gasteiger partial charge in [-0.05, 0) is 37.9 Å². The highest BCUT2D eigenvalue weighted by Gasteiger charge is 2.32. The smallest absolute Gasteiger partial charge is 0.246 e. The number of anilines is 2. The molecule has 4 heteroatoms. The van der Waals surface area contributed by atoms with Crippen LogP contribution in [0, 0.1) is 0 Å². The van der Waals surface area contributed by atoms with Crippen LogP contribution in [0.3, 0.4) is 0 Å². The Morgan fingerprint density at radius 3 is 2.95 bits per heavy atom. The Kier molecular flexibility index (Phi) is 3.97. The molecule has 1 saturated carbocycles. The molecule has 4 nitrogen and oxygen atoms in total. The minimum atomic E-state index is -0.206. The summed E-state index contributed by atoms with van der Waals surface area (Å²) >= 11 is 0. The van der Waals surface area contributed by atoms with E-state index < -0.39 is 0 Å². The molecule has 0 spiro atoms. The van der Waals surface area contributed by atoms with E-state index in [4.69, 9.17) is 0 Å². The van der Waals surface area contributed by atoms with Crippen molar-refractivity contribution in [1.29, 1.82) is 0 Å². The second kappa shape index (κ2) is 5.90. The Labute approximate surface area is 126 Å². The van der Waals surface area contributed by atoms with E-state index in [2.05, 4.69) is 47.2 Å². The Bertz CT molecular complexity index is 551. The number of carbonyl (C=O) groups excluding carboxylic acids is 1. The van der Waals surface area contributed by atoms with Crippen molar-refractivity contribution in [3.8, 4) is 0 Å². The molecule has 1 heterocycles. The van der Waals surface area contributed by atoms with Crippen molar-refractivity contribution < 1.29 is 4.79 Å². The molecule has 1 amide bonds. The SMILES string of the molecule is C=CCN(c1ccc2c(c1)NC(=O)C2NCCC)C1CC1. The van der Waals surface area contributed by atoms with Crippen LogP contribution < -0.4 is 15.5 Å². The van der Waals surface area contributed by atoms with Crippen LogP contribution >= 0.6 is 0 Å². The first kappa shape index (κ1) is 14.1. The third-order valence-electron chi connectivity index (χ3n) is 4.11. The summed E-state index contributed by atoms with van der Waals surface area (Å²) in [7, 11) is 0. The molecule has 2 aliphatic rings. The molecule has 1 aliphatic carbocycles. The van der Waals surface area contributed by atoms with Gasteiger partial charge in [0.05, 0.1) is 0 Å². The lowest BCUT2D eigenvalue weighted by atomic mass is 10.1.